The molecule has 0 saturated carbocycles. The molecule has 1 aliphatic carbocycles. The van der Waals surface area contributed by atoms with E-state index in [1.54, 1.807) is 0 Å². The first-order valence-corrected chi connectivity index (χ1v) is 5.19. The maximum absolute atomic E-state index is 5.73. The van der Waals surface area contributed by atoms with Gasteiger partial charge in [-0.15, -0.1) is 0 Å². The van der Waals surface area contributed by atoms with Crippen LogP contribution in [0.25, 0.3) is 5.57 Å². The van der Waals surface area contributed by atoms with Gasteiger partial charge in [-0.25, -0.2) is 4.98 Å². The van der Waals surface area contributed by atoms with Gasteiger partial charge in [-0.1, -0.05) is 6.08 Å². The van der Waals surface area contributed by atoms with Crippen molar-refractivity contribution < 1.29 is 0 Å². The first-order chi connectivity index (χ1) is 6.75. The molecule has 0 bridgehead atoms. The predicted octanol–water partition coefficient (Wildman–Crippen LogP) is 2.93. The Kier molecular flexibility index (Phi) is 2.53. The van der Waals surface area contributed by atoms with Crippen LogP contribution in [0.1, 0.15) is 36.9 Å². The van der Waals surface area contributed by atoms with E-state index in [0.717, 1.165) is 5.69 Å². The third kappa shape index (κ3) is 1.95. The number of aryl methyl sites for hydroxylation is 1. The molecule has 0 aromatic carbocycles. The summed E-state index contributed by atoms with van der Waals surface area (Å²) in [5.74, 6) is 0.631. The van der Waals surface area contributed by atoms with Crippen LogP contribution in [0.5, 0.6) is 0 Å². The molecule has 0 unspecified atom stereocenters. The second-order valence-electron chi connectivity index (χ2n) is 3.90. The van der Waals surface area contributed by atoms with E-state index < -0.39 is 0 Å². The van der Waals surface area contributed by atoms with Crippen LogP contribution < -0.4 is 5.73 Å². The number of nitrogen functional groups attached to an aromatic ring is 1. The number of aromatic nitrogens is 1. The highest BCUT2D eigenvalue weighted by Crippen LogP contribution is 2.27. The molecule has 0 spiro atoms. The standard InChI is InChI=1S/C12H16N2/c1-9-7-11(8-12(13)14-9)10-5-3-2-4-6-10/h5,7-8H,2-4,6H2,1H3,(H2,13,14). The molecule has 14 heavy (non-hydrogen) atoms. The number of anilines is 1. The molecule has 0 saturated heterocycles. The fraction of sp³-hybridized carbons (Fsp3) is 0.417. The molecule has 0 fully saturated rings. The Balaban J connectivity index is 2.35. The smallest absolute Gasteiger partial charge is 0.124 e. The zero-order chi connectivity index (χ0) is 9.97. The Bertz CT molecular complexity index is 346. The molecule has 2 nitrogen and oxygen atoms in total. The highest BCUT2D eigenvalue weighted by atomic mass is 14.8. The van der Waals surface area contributed by atoms with E-state index in [-0.39, 0.29) is 0 Å². The molecule has 2 N–H and O–H groups in total. The zero-order valence-corrected chi connectivity index (χ0v) is 8.59. The fourth-order valence-corrected chi connectivity index (χ4v) is 1.98. The lowest BCUT2D eigenvalue weighted by Gasteiger charge is -2.13. The van der Waals surface area contributed by atoms with Gasteiger partial charge in [0, 0.05) is 5.69 Å². The van der Waals surface area contributed by atoms with Gasteiger partial charge in [-0.05, 0) is 55.9 Å². The summed E-state index contributed by atoms with van der Waals surface area (Å²) in [7, 11) is 0. The minimum Gasteiger partial charge on any atom is -0.384 e. The van der Waals surface area contributed by atoms with Gasteiger partial charge < -0.3 is 5.73 Å². The number of rotatable bonds is 1. The van der Waals surface area contributed by atoms with Crippen LogP contribution in [0, 0.1) is 6.92 Å². The Morgan fingerprint density at radius 3 is 2.79 bits per heavy atom. The van der Waals surface area contributed by atoms with Crippen LogP contribution in [0.3, 0.4) is 0 Å². The highest BCUT2D eigenvalue weighted by Gasteiger charge is 2.07. The lowest BCUT2D eigenvalue weighted by atomic mass is 9.94. The molecule has 74 valence electrons. The number of allylic oxidation sites excluding steroid dienone is 2. The van der Waals surface area contributed by atoms with E-state index in [9.17, 15) is 0 Å². The summed E-state index contributed by atoms with van der Waals surface area (Å²) in [5, 5.41) is 0. The normalized spacial score (nSPS) is 16.5. The van der Waals surface area contributed by atoms with Crippen molar-refractivity contribution >= 4 is 11.4 Å². The first-order valence-electron chi connectivity index (χ1n) is 5.19. The van der Waals surface area contributed by atoms with Crippen LogP contribution in [0.15, 0.2) is 18.2 Å². The maximum Gasteiger partial charge on any atom is 0.124 e. The summed E-state index contributed by atoms with van der Waals surface area (Å²) >= 11 is 0. The summed E-state index contributed by atoms with van der Waals surface area (Å²) < 4.78 is 0. The average Bonchev–Trinajstić information content (AvgIpc) is 2.18. The Morgan fingerprint density at radius 1 is 1.29 bits per heavy atom. The summed E-state index contributed by atoms with van der Waals surface area (Å²) in [6.07, 6.45) is 7.34. The zero-order valence-electron chi connectivity index (χ0n) is 8.59. The van der Waals surface area contributed by atoms with Gasteiger partial charge in [0.15, 0.2) is 0 Å². The highest BCUT2D eigenvalue weighted by molar-refractivity contribution is 5.68. The van der Waals surface area contributed by atoms with E-state index in [4.69, 9.17) is 5.73 Å². The molecule has 0 aliphatic heterocycles. The van der Waals surface area contributed by atoms with Crippen molar-refractivity contribution in [3.05, 3.63) is 29.5 Å². The van der Waals surface area contributed by atoms with Crippen LogP contribution in [0.2, 0.25) is 0 Å². The van der Waals surface area contributed by atoms with Crippen molar-refractivity contribution in [2.24, 2.45) is 0 Å². The topological polar surface area (TPSA) is 38.9 Å². The first kappa shape index (κ1) is 9.25. The lowest BCUT2D eigenvalue weighted by molar-refractivity contribution is 0.742. The van der Waals surface area contributed by atoms with Crippen molar-refractivity contribution in [1.82, 2.24) is 4.98 Å². The van der Waals surface area contributed by atoms with Crippen molar-refractivity contribution in [2.75, 3.05) is 5.73 Å². The summed E-state index contributed by atoms with van der Waals surface area (Å²) in [5.41, 5.74) is 9.43. The molecule has 0 atom stereocenters. The molecular formula is C12H16N2. The predicted molar refractivity (Wildman–Crippen MR) is 59.8 cm³/mol. The summed E-state index contributed by atoms with van der Waals surface area (Å²) in [6.45, 7) is 1.99. The Labute approximate surface area is 84.9 Å². The van der Waals surface area contributed by atoms with E-state index in [1.807, 2.05) is 13.0 Å². The minimum atomic E-state index is 0.631. The van der Waals surface area contributed by atoms with Crippen LogP contribution in [-0.4, -0.2) is 4.98 Å². The quantitative estimate of drug-likeness (QED) is 0.736. The average molecular weight is 188 g/mol. The Morgan fingerprint density at radius 2 is 2.14 bits per heavy atom. The molecule has 1 aromatic heterocycles. The minimum absolute atomic E-state index is 0.631. The van der Waals surface area contributed by atoms with Crippen molar-refractivity contribution in [3.8, 4) is 0 Å². The molecule has 1 aliphatic rings. The number of nitrogens with two attached hydrogens (primary N) is 1. The van der Waals surface area contributed by atoms with Crippen molar-refractivity contribution in [2.45, 2.75) is 32.6 Å². The van der Waals surface area contributed by atoms with Gasteiger partial charge in [0.05, 0.1) is 0 Å². The molecular weight excluding hydrogens is 172 g/mol. The molecule has 1 heterocycles. The fourth-order valence-electron chi connectivity index (χ4n) is 1.98. The summed E-state index contributed by atoms with van der Waals surface area (Å²) in [4.78, 5) is 4.18. The van der Waals surface area contributed by atoms with Gasteiger partial charge in [0.25, 0.3) is 0 Å². The van der Waals surface area contributed by atoms with Crippen LogP contribution >= 0.6 is 0 Å². The second-order valence-corrected chi connectivity index (χ2v) is 3.90. The molecule has 2 heteroatoms. The van der Waals surface area contributed by atoms with Gasteiger partial charge in [0.1, 0.15) is 5.82 Å². The van der Waals surface area contributed by atoms with Crippen molar-refractivity contribution in [3.63, 3.8) is 0 Å². The Hall–Kier alpha value is -1.31. The molecule has 1 aromatic rings. The van der Waals surface area contributed by atoms with Gasteiger partial charge >= 0.3 is 0 Å². The number of nitrogens with zero attached hydrogens (tertiary/aromatic N) is 1. The monoisotopic (exact) mass is 188 g/mol. The lowest BCUT2D eigenvalue weighted by Crippen LogP contribution is -1.97. The van der Waals surface area contributed by atoms with E-state index in [0.29, 0.717) is 5.82 Å². The second kappa shape index (κ2) is 3.82. The van der Waals surface area contributed by atoms with E-state index in [2.05, 4.69) is 17.1 Å². The molecule has 0 radical (unpaired) electrons. The van der Waals surface area contributed by atoms with E-state index in [1.165, 1.54) is 36.8 Å². The number of pyridine rings is 1. The van der Waals surface area contributed by atoms with Gasteiger partial charge in [-0.2, -0.15) is 0 Å². The SMILES string of the molecule is Cc1cc(C2=CCCCC2)cc(N)n1. The van der Waals surface area contributed by atoms with E-state index >= 15 is 0 Å². The molecule has 0 amide bonds. The summed E-state index contributed by atoms with van der Waals surface area (Å²) in [6, 6.07) is 4.09. The largest absolute Gasteiger partial charge is 0.384 e. The van der Waals surface area contributed by atoms with Crippen LogP contribution in [0.4, 0.5) is 5.82 Å². The van der Waals surface area contributed by atoms with Crippen LogP contribution in [-0.2, 0) is 0 Å². The maximum atomic E-state index is 5.73. The molecule has 2 rings (SSSR count). The number of hydrogen-bond donors (Lipinski definition) is 1. The number of hydrogen-bond acceptors (Lipinski definition) is 2. The third-order valence-electron chi connectivity index (χ3n) is 2.63. The van der Waals surface area contributed by atoms with Gasteiger partial charge in [0.2, 0.25) is 0 Å². The van der Waals surface area contributed by atoms with Gasteiger partial charge in [-0.3, -0.25) is 0 Å². The van der Waals surface area contributed by atoms with Crippen molar-refractivity contribution in [1.29, 1.82) is 0 Å². The third-order valence-corrected chi connectivity index (χ3v) is 2.63.